The molecule has 4 aromatic rings. The van der Waals surface area contributed by atoms with Gasteiger partial charge in [-0.15, -0.1) is 11.3 Å². The lowest BCUT2D eigenvalue weighted by molar-refractivity contribution is 0.102. The van der Waals surface area contributed by atoms with Crippen molar-refractivity contribution in [3.05, 3.63) is 51.6 Å². The van der Waals surface area contributed by atoms with E-state index in [2.05, 4.69) is 15.1 Å². The molecule has 0 aromatic carbocycles. The summed E-state index contributed by atoms with van der Waals surface area (Å²) in [5, 5.41) is 6.17. The second-order valence-electron chi connectivity index (χ2n) is 7.34. The maximum atomic E-state index is 13.0. The molecule has 4 heterocycles. The van der Waals surface area contributed by atoms with Crippen molar-refractivity contribution in [2.75, 3.05) is 5.75 Å². The topological polar surface area (TPSA) is 73.8 Å². The molecule has 5 rings (SSSR count). The quantitative estimate of drug-likeness (QED) is 0.259. The first-order chi connectivity index (χ1) is 14.0. The highest BCUT2D eigenvalue weighted by atomic mass is 32.2. The summed E-state index contributed by atoms with van der Waals surface area (Å²) >= 11 is 3.28. The van der Waals surface area contributed by atoms with Gasteiger partial charge in [-0.25, -0.2) is 9.97 Å². The van der Waals surface area contributed by atoms with E-state index in [4.69, 9.17) is 4.52 Å². The van der Waals surface area contributed by atoms with E-state index in [0.29, 0.717) is 11.6 Å². The fourth-order valence-corrected chi connectivity index (χ4v) is 6.28. The highest BCUT2D eigenvalue weighted by molar-refractivity contribution is 8.00. The molecule has 148 valence electrons. The molecule has 0 radical (unpaired) electrons. The lowest BCUT2D eigenvalue weighted by atomic mass is 10.2. The summed E-state index contributed by atoms with van der Waals surface area (Å²) in [6.07, 6.45) is 5.03. The Morgan fingerprint density at radius 1 is 1.24 bits per heavy atom. The van der Waals surface area contributed by atoms with E-state index in [0.717, 1.165) is 50.8 Å². The van der Waals surface area contributed by atoms with Gasteiger partial charge in [-0.05, 0) is 51.7 Å². The lowest BCUT2D eigenvalue weighted by Gasteiger charge is -2.06. The smallest absolute Gasteiger partial charge is 0.180 e. The van der Waals surface area contributed by atoms with Gasteiger partial charge in [0, 0.05) is 33.3 Å². The van der Waals surface area contributed by atoms with Gasteiger partial charge in [-0.2, -0.15) is 0 Å². The zero-order valence-corrected chi connectivity index (χ0v) is 18.1. The number of hydrogen-bond donors (Lipinski definition) is 0. The third kappa shape index (κ3) is 3.11. The standard InChI is InChI=1S/C21H20N4O2S2/c1-11-7-15(13(3)25(11)18-8-12(2)27-24-18)16(26)9-28-20-19-14-5-4-6-17(14)29-21(19)23-10-22-20/h7-8,10H,4-6,9H2,1-3H3. The number of rotatable bonds is 5. The molecule has 8 heteroatoms. The Bertz CT molecular complexity index is 1250. The molecule has 0 saturated heterocycles. The maximum Gasteiger partial charge on any atom is 0.180 e. The van der Waals surface area contributed by atoms with Crippen LogP contribution in [0.4, 0.5) is 0 Å². The molecule has 0 unspecified atom stereocenters. The Labute approximate surface area is 176 Å². The van der Waals surface area contributed by atoms with E-state index in [1.807, 2.05) is 37.5 Å². The Kier molecular flexibility index (Phi) is 4.55. The van der Waals surface area contributed by atoms with Crippen molar-refractivity contribution in [2.24, 2.45) is 0 Å². The van der Waals surface area contributed by atoms with E-state index >= 15 is 0 Å². The lowest BCUT2D eigenvalue weighted by Crippen LogP contribution is -2.06. The number of aryl methyl sites for hydroxylation is 4. The maximum absolute atomic E-state index is 13.0. The van der Waals surface area contributed by atoms with Crippen LogP contribution in [0.5, 0.6) is 0 Å². The molecular formula is C21H20N4O2S2. The number of hydrogen-bond acceptors (Lipinski definition) is 7. The molecule has 29 heavy (non-hydrogen) atoms. The van der Waals surface area contributed by atoms with Crippen LogP contribution in [0.15, 0.2) is 28.0 Å². The van der Waals surface area contributed by atoms with Gasteiger partial charge in [0.15, 0.2) is 11.6 Å². The summed E-state index contributed by atoms with van der Waals surface area (Å²) in [5.74, 6) is 1.88. The van der Waals surface area contributed by atoms with Gasteiger partial charge in [-0.1, -0.05) is 16.9 Å². The van der Waals surface area contributed by atoms with Crippen molar-refractivity contribution in [2.45, 2.75) is 45.1 Å². The summed E-state index contributed by atoms with van der Waals surface area (Å²) in [7, 11) is 0. The van der Waals surface area contributed by atoms with Gasteiger partial charge >= 0.3 is 0 Å². The predicted octanol–water partition coefficient (Wildman–Crippen LogP) is 4.86. The van der Waals surface area contributed by atoms with Crippen molar-refractivity contribution < 1.29 is 9.32 Å². The Morgan fingerprint density at radius 3 is 2.90 bits per heavy atom. The SMILES string of the molecule is Cc1cc(-n2c(C)cc(C(=O)CSc3ncnc4sc5c(c34)CCC5)c2C)no1. The number of carbonyl (C=O) groups excluding carboxylic acids is 1. The van der Waals surface area contributed by atoms with Crippen LogP contribution in [0.25, 0.3) is 16.0 Å². The minimum atomic E-state index is 0.0909. The fraction of sp³-hybridized carbons (Fsp3) is 0.333. The zero-order valence-electron chi connectivity index (χ0n) is 16.5. The average Bonchev–Trinajstić information content (AvgIpc) is 3.44. The van der Waals surface area contributed by atoms with Crippen LogP contribution < -0.4 is 0 Å². The molecule has 1 aliphatic carbocycles. The normalized spacial score (nSPS) is 13.3. The van der Waals surface area contributed by atoms with E-state index in [1.165, 1.54) is 28.6 Å². The Balaban J connectivity index is 1.42. The number of fused-ring (bicyclic) bond motifs is 3. The molecule has 0 aliphatic heterocycles. The summed E-state index contributed by atoms with van der Waals surface area (Å²) < 4.78 is 7.16. The predicted molar refractivity (Wildman–Crippen MR) is 115 cm³/mol. The summed E-state index contributed by atoms with van der Waals surface area (Å²) in [5.41, 5.74) is 3.95. The van der Waals surface area contributed by atoms with Crippen LogP contribution in [-0.2, 0) is 12.8 Å². The van der Waals surface area contributed by atoms with Crippen LogP contribution in [0.1, 0.15) is 44.4 Å². The third-order valence-corrected chi connectivity index (χ3v) is 7.57. The van der Waals surface area contributed by atoms with E-state index < -0.39 is 0 Å². The molecule has 0 spiro atoms. The van der Waals surface area contributed by atoms with Crippen LogP contribution in [0, 0.1) is 20.8 Å². The molecule has 0 fully saturated rings. The zero-order chi connectivity index (χ0) is 20.1. The highest BCUT2D eigenvalue weighted by Gasteiger charge is 2.23. The largest absolute Gasteiger partial charge is 0.360 e. The van der Waals surface area contributed by atoms with Crippen LogP contribution in [0.3, 0.4) is 0 Å². The van der Waals surface area contributed by atoms with Crippen molar-refractivity contribution >= 4 is 39.1 Å². The highest BCUT2D eigenvalue weighted by Crippen LogP contribution is 2.40. The number of thiophene rings is 1. The number of nitrogens with zero attached hydrogens (tertiary/aromatic N) is 4. The molecule has 0 bridgehead atoms. The van der Waals surface area contributed by atoms with Crippen LogP contribution in [0.2, 0.25) is 0 Å². The molecule has 0 atom stereocenters. The van der Waals surface area contributed by atoms with Crippen molar-refractivity contribution in [3.63, 3.8) is 0 Å². The second-order valence-corrected chi connectivity index (χ2v) is 9.39. The number of ketones is 1. The summed E-state index contributed by atoms with van der Waals surface area (Å²) in [6, 6.07) is 3.80. The van der Waals surface area contributed by atoms with E-state index in [1.54, 1.807) is 17.7 Å². The van der Waals surface area contributed by atoms with Crippen molar-refractivity contribution in [1.82, 2.24) is 19.7 Å². The third-order valence-electron chi connectivity index (χ3n) is 5.38. The van der Waals surface area contributed by atoms with Crippen LogP contribution >= 0.6 is 23.1 Å². The molecule has 0 saturated carbocycles. The number of aromatic nitrogens is 4. The minimum absolute atomic E-state index is 0.0909. The first-order valence-corrected chi connectivity index (χ1v) is 11.4. The molecular weight excluding hydrogens is 404 g/mol. The summed E-state index contributed by atoms with van der Waals surface area (Å²) in [6.45, 7) is 5.78. The summed E-state index contributed by atoms with van der Waals surface area (Å²) in [4.78, 5) is 24.4. The van der Waals surface area contributed by atoms with Gasteiger partial charge in [0.1, 0.15) is 21.9 Å². The monoisotopic (exact) mass is 424 g/mol. The van der Waals surface area contributed by atoms with Gasteiger partial charge < -0.3 is 4.52 Å². The molecule has 4 aromatic heterocycles. The number of carbonyl (C=O) groups is 1. The van der Waals surface area contributed by atoms with Gasteiger partial charge in [-0.3, -0.25) is 9.36 Å². The molecule has 0 amide bonds. The first kappa shape index (κ1) is 18.6. The minimum Gasteiger partial charge on any atom is -0.360 e. The second kappa shape index (κ2) is 7.11. The van der Waals surface area contributed by atoms with E-state index in [-0.39, 0.29) is 5.78 Å². The molecule has 6 nitrogen and oxygen atoms in total. The van der Waals surface area contributed by atoms with Crippen molar-refractivity contribution in [1.29, 1.82) is 0 Å². The Hall–Kier alpha value is -2.45. The van der Waals surface area contributed by atoms with Gasteiger partial charge in [0.25, 0.3) is 0 Å². The fourth-order valence-electron chi connectivity index (χ4n) is 4.08. The first-order valence-electron chi connectivity index (χ1n) is 9.57. The molecule has 0 N–H and O–H groups in total. The van der Waals surface area contributed by atoms with Gasteiger partial charge in [0.2, 0.25) is 0 Å². The van der Waals surface area contributed by atoms with Crippen LogP contribution in [-0.4, -0.2) is 31.2 Å². The van der Waals surface area contributed by atoms with Crippen molar-refractivity contribution in [3.8, 4) is 5.82 Å². The number of thioether (sulfide) groups is 1. The van der Waals surface area contributed by atoms with E-state index in [9.17, 15) is 4.79 Å². The van der Waals surface area contributed by atoms with Gasteiger partial charge in [0.05, 0.1) is 5.75 Å². The average molecular weight is 425 g/mol. The number of Topliss-reactive ketones (excluding diaryl/α,β-unsaturated/α-hetero) is 1. The molecule has 1 aliphatic rings. The Morgan fingerprint density at radius 2 is 2.10 bits per heavy atom.